The van der Waals surface area contributed by atoms with Gasteiger partial charge in [-0.15, -0.1) is 0 Å². The van der Waals surface area contributed by atoms with Crippen molar-refractivity contribution in [2.24, 2.45) is 0 Å². The van der Waals surface area contributed by atoms with E-state index in [4.69, 9.17) is 33.5 Å². The van der Waals surface area contributed by atoms with Crippen LogP contribution in [0.1, 0.15) is 28.2 Å². The summed E-state index contributed by atoms with van der Waals surface area (Å²) in [5.74, 6) is 0.470. The van der Waals surface area contributed by atoms with Gasteiger partial charge in [0.1, 0.15) is 23.2 Å². The van der Waals surface area contributed by atoms with Crippen LogP contribution in [0.25, 0.3) is 0 Å². The molecule has 6 N–H and O–H groups in total. The first-order valence-electron chi connectivity index (χ1n) is 7.82. The number of nitrogens with two attached hydrogens (primary N) is 3. The largest absolute Gasteiger partial charge is 0.438 e. The lowest BCUT2D eigenvalue weighted by Crippen LogP contribution is -2.17. The number of nitrogens with zero attached hydrogens (tertiary/aromatic N) is 2. The molecule has 0 radical (unpaired) electrons. The minimum Gasteiger partial charge on any atom is -0.438 e. The molecule has 1 atom stereocenters. The topological polar surface area (TPSA) is 124 Å². The van der Waals surface area contributed by atoms with Crippen molar-refractivity contribution in [1.29, 1.82) is 5.26 Å². The first-order valence-corrected chi connectivity index (χ1v) is 8.19. The van der Waals surface area contributed by atoms with Crippen LogP contribution in [0.2, 0.25) is 5.02 Å². The molecule has 1 aromatic heterocycles. The number of anilines is 3. The van der Waals surface area contributed by atoms with Crippen LogP contribution in [0.15, 0.2) is 42.5 Å². The molecule has 4 rings (SSSR count). The molecular formula is C19H14ClN5O. The van der Waals surface area contributed by atoms with Gasteiger partial charge in [-0.1, -0.05) is 35.9 Å². The SMILES string of the molecule is N#Cc1c(N)nc2c(c1N)[C@@H](c1ccccc1Cl)c1ccc(N)cc1O2. The van der Waals surface area contributed by atoms with Gasteiger partial charge in [0.2, 0.25) is 5.88 Å². The molecule has 1 aliphatic heterocycles. The Bertz CT molecular complexity index is 1090. The van der Waals surface area contributed by atoms with Gasteiger partial charge < -0.3 is 21.9 Å². The van der Waals surface area contributed by atoms with Gasteiger partial charge in [-0.2, -0.15) is 10.2 Å². The predicted octanol–water partition coefficient (Wildman–Crippen LogP) is 3.64. The monoisotopic (exact) mass is 363 g/mol. The van der Waals surface area contributed by atoms with Crippen LogP contribution in [0.5, 0.6) is 11.6 Å². The molecule has 0 spiro atoms. The normalized spacial score (nSPS) is 14.7. The van der Waals surface area contributed by atoms with E-state index in [2.05, 4.69) is 4.98 Å². The third kappa shape index (κ3) is 2.30. The molecule has 6 nitrogen and oxygen atoms in total. The van der Waals surface area contributed by atoms with Crippen LogP contribution in [0.3, 0.4) is 0 Å². The number of halogens is 1. The molecule has 0 saturated heterocycles. The third-order valence-corrected chi connectivity index (χ3v) is 4.78. The molecular weight excluding hydrogens is 350 g/mol. The van der Waals surface area contributed by atoms with Crippen molar-refractivity contribution >= 4 is 28.8 Å². The van der Waals surface area contributed by atoms with Crippen molar-refractivity contribution in [3.05, 3.63) is 69.7 Å². The fourth-order valence-electron chi connectivity index (χ4n) is 3.26. The molecule has 128 valence electrons. The molecule has 0 aliphatic carbocycles. The average molecular weight is 364 g/mol. The summed E-state index contributed by atoms with van der Waals surface area (Å²) in [7, 11) is 0. The lowest BCUT2D eigenvalue weighted by Gasteiger charge is -2.30. The summed E-state index contributed by atoms with van der Waals surface area (Å²) >= 11 is 6.46. The molecule has 2 heterocycles. The van der Waals surface area contributed by atoms with Crippen molar-refractivity contribution < 1.29 is 4.74 Å². The number of pyridine rings is 1. The van der Waals surface area contributed by atoms with Gasteiger partial charge in [-0.25, -0.2) is 0 Å². The Hall–Kier alpha value is -3.43. The van der Waals surface area contributed by atoms with E-state index < -0.39 is 0 Å². The summed E-state index contributed by atoms with van der Waals surface area (Å²) in [6.07, 6.45) is 0. The van der Waals surface area contributed by atoms with Crippen LogP contribution < -0.4 is 21.9 Å². The van der Waals surface area contributed by atoms with Gasteiger partial charge in [-0.3, -0.25) is 0 Å². The number of nitriles is 1. The lowest BCUT2D eigenvalue weighted by atomic mass is 9.82. The molecule has 2 aromatic carbocycles. The van der Waals surface area contributed by atoms with E-state index in [0.717, 1.165) is 11.1 Å². The van der Waals surface area contributed by atoms with Crippen LogP contribution >= 0.6 is 11.6 Å². The number of aromatic nitrogens is 1. The second-order valence-electron chi connectivity index (χ2n) is 5.97. The van der Waals surface area contributed by atoms with E-state index in [1.165, 1.54) is 0 Å². The zero-order valence-electron chi connectivity index (χ0n) is 13.5. The Morgan fingerprint density at radius 3 is 2.58 bits per heavy atom. The highest BCUT2D eigenvalue weighted by atomic mass is 35.5. The van der Waals surface area contributed by atoms with Crippen molar-refractivity contribution in [3.8, 4) is 17.7 Å². The van der Waals surface area contributed by atoms with Crippen molar-refractivity contribution in [2.45, 2.75) is 5.92 Å². The van der Waals surface area contributed by atoms with E-state index in [-0.39, 0.29) is 28.9 Å². The highest BCUT2D eigenvalue weighted by molar-refractivity contribution is 6.31. The van der Waals surface area contributed by atoms with E-state index in [1.807, 2.05) is 30.3 Å². The standard InChI is InChI=1S/C19H14ClN5O/c20-13-4-2-1-3-10(13)15-11-6-5-9(22)7-14(11)26-19-16(15)17(23)12(8-21)18(24)25-19/h1-7,15H,22H2,(H4,23,24,25)/t15-/m0/s1. The highest BCUT2D eigenvalue weighted by Gasteiger charge is 2.34. The fourth-order valence-corrected chi connectivity index (χ4v) is 3.50. The second kappa shape index (κ2) is 5.83. The highest BCUT2D eigenvalue weighted by Crippen LogP contribution is 2.51. The average Bonchev–Trinajstić information content (AvgIpc) is 2.60. The number of hydrogen-bond donors (Lipinski definition) is 3. The molecule has 0 unspecified atom stereocenters. The molecule has 1 aliphatic rings. The molecule has 26 heavy (non-hydrogen) atoms. The van der Waals surface area contributed by atoms with Crippen molar-refractivity contribution in [3.63, 3.8) is 0 Å². The lowest BCUT2D eigenvalue weighted by molar-refractivity contribution is 0.435. The van der Waals surface area contributed by atoms with Gasteiger partial charge in [-0.05, 0) is 17.7 Å². The Morgan fingerprint density at radius 1 is 1.08 bits per heavy atom. The number of fused-ring (bicyclic) bond motifs is 2. The molecule has 0 amide bonds. The summed E-state index contributed by atoms with van der Waals surface area (Å²) in [6, 6.07) is 14.8. The number of hydrogen-bond acceptors (Lipinski definition) is 6. The molecule has 0 fully saturated rings. The van der Waals surface area contributed by atoms with Crippen LogP contribution in [-0.4, -0.2) is 4.98 Å². The summed E-state index contributed by atoms with van der Waals surface area (Å²) in [5.41, 5.74) is 21.2. The van der Waals surface area contributed by atoms with Crippen molar-refractivity contribution in [2.75, 3.05) is 17.2 Å². The zero-order valence-corrected chi connectivity index (χ0v) is 14.3. The fraction of sp³-hybridized carbons (Fsp3) is 0.0526. The van der Waals surface area contributed by atoms with Gasteiger partial charge in [0.25, 0.3) is 0 Å². The summed E-state index contributed by atoms with van der Waals surface area (Å²) < 4.78 is 5.91. The van der Waals surface area contributed by atoms with Gasteiger partial charge in [0.05, 0.1) is 11.3 Å². The van der Waals surface area contributed by atoms with Crippen molar-refractivity contribution in [1.82, 2.24) is 4.98 Å². The van der Waals surface area contributed by atoms with Gasteiger partial charge in [0.15, 0.2) is 0 Å². The Balaban J connectivity index is 2.08. The van der Waals surface area contributed by atoms with Crippen LogP contribution in [0, 0.1) is 11.3 Å². The maximum atomic E-state index is 9.41. The molecule has 0 bridgehead atoms. The van der Waals surface area contributed by atoms with E-state index in [1.54, 1.807) is 18.2 Å². The zero-order chi connectivity index (χ0) is 18.4. The van der Waals surface area contributed by atoms with Gasteiger partial charge >= 0.3 is 0 Å². The Kier molecular flexibility index (Phi) is 3.60. The summed E-state index contributed by atoms with van der Waals surface area (Å²) in [5, 5.41) is 9.98. The number of rotatable bonds is 1. The van der Waals surface area contributed by atoms with E-state index in [9.17, 15) is 5.26 Å². The first kappa shape index (κ1) is 16.1. The number of ether oxygens (including phenoxy) is 1. The van der Waals surface area contributed by atoms with Crippen LogP contribution in [0.4, 0.5) is 17.2 Å². The van der Waals surface area contributed by atoms with E-state index >= 15 is 0 Å². The first-order chi connectivity index (χ1) is 12.5. The maximum absolute atomic E-state index is 9.41. The second-order valence-corrected chi connectivity index (χ2v) is 6.38. The minimum atomic E-state index is -0.358. The minimum absolute atomic E-state index is 0.0222. The Morgan fingerprint density at radius 2 is 1.85 bits per heavy atom. The quantitative estimate of drug-likeness (QED) is 0.443. The van der Waals surface area contributed by atoms with Gasteiger partial charge in [0, 0.05) is 28.3 Å². The Labute approximate surface area is 154 Å². The smallest absolute Gasteiger partial charge is 0.227 e. The predicted molar refractivity (Wildman–Crippen MR) is 101 cm³/mol. The van der Waals surface area contributed by atoms with E-state index in [0.29, 0.717) is 22.0 Å². The molecule has 3 aromatic rings. The molecule has 0 saturated carbocycles. The van der Waals surface area contributed by atoms with Crippen LogP contribution in [-0.2, 0) is 0 Å². The maximum Gasteiger partial charge on any atom is 0.227 e. The summed E-state index contributed by atoms with van der Waals surface area (Å²) in [4.78, 5) is 4.25. The third-order valence-electron chi connectivity index (χ3n) is 4.44. The summed E-state index contributed by atoms with van der Waals surface area (Å²) in [6.45, 7) is 0. The number of benzene rings is 2. The molecule has 7 heteroatoms. The number of nitrogen functional groups attached to an aromatic ring is 3.